The monoisotopic (exact) mass is 278 g/mol. The highest BCUT2D eigenvalue weighted by molar-refractivity contribution is 5.76. The Morgan fingerprint density at radius 3 is 2.80 bits per heavy atom. The molecule has 1 aliphatic rings. The molecule has 2 unspecified atom stereocenters. The maximum Gasteiger partial charge on any atom is 0.226 e. The largest absolute Gasteiger partial charge is 0.493 e. The van der Waals surface area contributed by atoms with E-state index in [9.17, 15) is 9.90 Å². The second kappa shape index (κ2) is 6.61. The van der Waals surface area contributed by atoms with Crippen LogP contribution in [0.3, 0.4) is 0 Å². The molecule has 1 aromatic rings. The van der Waals surface area contributed by atoms with Crippen molar-refractivity contribution in [3.8, 4) is 5.75 Å². The van der Waals surface area contributed by atoms with Crippen molar-refractivity contribution in [1.29, 1.82) is 0 Å². The number of ether oxygens (including phenoxy) is 1. The maximum absolute atomic E-state index is 12.0. The highest BCUT2D eigenvalue weighted by Crippen LogP contribution is 2.20. The number of hydrogen-bond donors (Lipinski definition) is 2. The van der Waals surface area contributed by atoms with E-state index in [0.29, 0.717) is 25.3 Å². The van der Waals surface area contributed by atoms with Crippen LogP contribution in [-0.2, 0) is 4.79 Å². The zero-order valence-electron chi connectivity index (χ0n) is 11.8. The van der Waals surface area contributed by atoms with Gasteiger partial charge in [-0.15, -0.1) is 0 Å². The lowest BCUT2D eigenvalue weighted by atomic mass is 10.0. The fourth-order valence-corrected chi connectivity index (χ4v) is 2.39. The first-order valence-corrected chi connectivity index (χ1v) is 7.00. The van der Waals surface area contributed by atoms with E-state index < -0.39 is 0 Å². The fraction of sp³-hybridized carbons (Fsp3) is 0.533. The van der Waals surface area contributed by atoms with Gasteiger partial charge >= 0.3 is 0 Å². The first kappa shape index (κ1) is 14.7. The van der Waals surface area contributed by atoms with E-state index in [0.717, 1.165) is 18.7 Å². The number of nitrogens with zero attached hydrogens (tertiary/aromatic N) is 1. The average Bonchev–Trinajstić information content (AvgIpc) is 2.91. The molecule has 0 bridgehead atoms. The number of nitrogen functional groups attached to an aromatic ring is 1. The van der Waals surface area contributed by atoms with Gasteiger partial charge in [0.2, 0.25) is 5.91 Å². The van der Waals surface area contributed by atoms with Crippen molar-refractivity contribution in [2.24, 2.45) is 5.92 Å². The minimum Gasteiger partial charge on any atom is -0.493 e. The van der Waals surface area contributed by atoms with Gasteiger partial charge in [-0.05, 0) is 37.6 Å². The molecule has 0 aliphatic carbocycles. The number of aliphatic hydroxyl groups excluding tert-OH is 1. The summed E-state index contributed by atoms with van der Waals surface area (Å²) in [7, 11) is 0. The van der Waals surface area contributed by atoms with E-state index >= 15 is 0 Å². The Labute approximate surface area is 119 Å². The second-order valence-electron chi connectivity index (χ2n) is 5.30. The molecule has 3 N–H and O–H groups in total. The van der Waals surface area contributed by atoms with Crippen LogP contribution >= 0.6 is 0 Å². The number of likely N-dealkylation sites (tertiary alicyclic amines) is 1. The van der Waals surface area contributed by atoms with Gasteiger partial charge in [-0.3, -0.25) is 4.79 Å². The van der Waals surface area contributed by atoms with E-state index in [1.807, 2.05) is 4.90 Å². The highest BCUT2D eigenvalue weighted by atomic mass is 16.5. The normalized spacial score (nSPS) is 19.9. The van der Waals surface area contributed by atoms with Gasteiger partial charge in [-0.25, -0.2) is 0 Å². The molecule has 20 heavy (non-hydrogen) atoms. The zero-order chi connectivity index (χ0) is 14.5. The van der Waals surface area contributed by atoms with Crippen molar-refractivity contribution in [1.82, 2.24) is 4.90 Å². The molecule has 1 aliphatic heterocycles. The van der Waals surface area contributed by atoms with Gasteiger partial charge in [0.25, 0.3) is 0 Å². The molecule has 1 fully saturated rings. The molecule has 1 amide bonds. The van der Waals surface area contributed by atoms with Crippen LogP contribution in [0.4, 0.5) is 5.69 Å². The number of benzene rings is 1. The number of anilines is 1. The summed E-state index contributed by atoms with van der Waals surface area (Å²) in [5.74, 6) is 1.01. The molecule has 2 atom stereocenters. The number of amides is 1. The van der Waals surface area contributed by atoms with E-state index in [1.165, 1.54) is 0 Å². The quantitative estimate of drug-likeness (QED) is 0.795. The van der Waals surface area contributed by atoms with E-state index in [4.69, 9.17) is 10.5 Å². The van der Waals surface area contributed by atoms with Crippen LogP contribution in [0, 0.1) is 5.92 Å². The van der Waals surface area contributed by atoms with Gasteiger partial charge in [0.1, 0.15) is 5.75 Å². The van der Waals surface area contributed by atoms with Crippen molar-refractivity contribution in [3.63, 3.8) is 0 Å². The van der Waals surface area contributed by atoms with Crippen LogP contribution in [-0.4, -0.2) is 41.7 Å². The van der Waals surface area contributed by atoms with Crippen molar-refractivity contribution in [2.45, 2.75) is 25.9 Å². The Morgan fingerprint density at radius 2 is 2.20 bits per heavy atom. The van der Waals surface area contributed by atoms with Crippen LogP contribution in [0.15, 0.2) is 24.3 Å². The summed E-state index contributed by atoms with van der Waals surface area (Å²) in [4.78, 5) is 13.8. The van der Waals surface area contributed by atoms with Gasteiger partial charge in [0, 0.05) is 24.7 Å². The summed E-state index contributed by atoms with van der Waals surface area (Å²) < 4.78 is 5.51. The number of carbonyl (C=O) groups is 1. The third-order valence-corrected chi connectivity index (χ3v) is 3.72. The lowest BCUT2D eigenvalue weighted by Gasteiger charge is -2.17. The van der Waals surface area contributed by atoms with Crippen LogP contribution in [0.25, 0.3) is 0 Å². The van der Waals surface area contributed by atoms with Crippen LogP contribution < -0.4 is 10.5 Å². The molecule has 1 saturated heterocycles. The van der Waals surface area contributed by atoms with Gasteiger partial charge in [0.15, 0.2) is 0 Å². The zero-order valence-corrected chi connectivity index (χ0v) is 11.8. The summed E-state index contributed by atoms with van der Waals surface area (Å²) in [6.45, 7) is 3.52. The Bertz CT molecular complexity index is 445. The molecule has 1 aromatic carbocycles. The highest BCUT2D eigenvalue weighted by Gasteiger charge is 2.28. The smallest absolute Gasteiger partial charge is 0.226 e. The fourth-order valence-electron chi connectivity index (χ4n) is 2.39. The van der Waals surface area contributed by atoms with Crippen molar-refractivity contribution >= 4 is 11.6 Å². The minimum atomic E-state index is -0.348. The van der Waals surface area contributed by atoms with E-state index in [-0.39, 0.29) is 17.9 Å². The van der Waals surface area contributed by atoms with E-state index in [1.54, 1.807) is 31.2 Å². The van der Waals surface area contributed by atoms with Crippen LogP contribution in [0.2, 0.25) is 0 Å². The van der Waals surface area contributed by atoms with Gasteiger partial charge in [-0.1, -0.05) is 0 Å². The first-order chi connectivity index (χ1) is 9.56. The Morgan fingerprint density at radius 1 is 1.50 bits per heavy atom. The third-order valence-electron chi connectivity index (χ3n) is 3.72. The van der Waals surface area contributed by atoms with Gasteiger partial charge in [-0.2, -0.15) is 0 Å². The molecule has 2 rings (SSSR count). The number of hydrogen-bond acceptors (Lipinski definition) is 4. The summed E-state index contributed by atoms with van der Waals surface area (Å²) in [6, 6.07) is 7.12. The molecular formula is C15H22N2O3. The average molecular weight is 278 g/mol. The molecule has 1 heterocycles. The molecular weight excluding hydrogens is 256 g/mol. The summed E-state index contributed by atoms with van der Waals surface area (Å²) in [6.07, 6.45) is 0.887. The number of nitrogens with two attached hydrogens (primary N) is 1. The standard InChI is InChI=1S/C15H22N2O3/c1-11(18)12-6-8-17(10-12)15(19)7-9-20-14-4-2-13(16)3-5-14/h2-5,11-12,18H,6-10,16H2,1H3. The predicted octanol–water partition coefficient (Wildman–Crippen LogP) is 1.27. The third kappa shape index (κ3) is 3.87. The molecule has 0 aromatic heterocycles. The Hall–Kier alpha value is -1.75. The summed E-state index contributed by atoms with van der Waals surface area (Å²) >= 11 is 0. The molecule has 0 saturated carbocycles. The van der Waals surface area contributed by atoms with Crippen molar-refractivity contribution < 1.29 is 14.6 Å². The van der Waals surface area contributed by atoms with Crippen LogP contribution in [0.5, 0.6) is 5.75 Å². The Balaban J connectivity index is 1.72. The van der Waals surface area contributed by atoms with Gasteiger partial charge < -0.3 is 20.5 Å². The molecule has 5 nitrogen and oxygen atoms in total. The molecule has 0 spiro atoms. The lowest BCUT2D eigenvalue weighted by Crippen LogP contribution is -2.31. The predicted molar refractivity (Wildman–Crippen MR) is 77.3 cm³/mol. The molecule has 110 valence electrons. The molecule has 5 heteroatoms. The number of rotatable bonds is 5. The maximum atomic E-state index is 12.0. The molecule has 0 radical (unpaired) electrons. The summed E-state index contributed by atoms with van der Waals surface area (Å²) in [5, 5.41) is 9.53. The number of carbonyl (C=O) groups excluding carboxylic acids is 1. The van der Waals surface area contributed by atoms with Crippen LogP contribution in [0.1, 0.15) is 19.8 Å². The number of aliphatic hydroxyl groups is 1. The lowest BCUT2D eigenvalue weighted by molar-refractivity contribution is -0.130. The SMILES string of the molecule is CC(O)C1CCN(C(=O)CCOc2ccc(N)cc2)C1. The van der Waals surface area contributed by atoms with E-state index in [2.05, 4.69) is 0 Å². The van der Waals surface area contributed by atoms with Gasteiger partial charge in [0.05, 0.1) is 19.1 Å². The second-order valence-corrected chi connectivity index (χ2v) is 5.30. The summed E-state index contributed by atoms with van der Waals surface area (Å²) in [5.41, 5.74) is 6.28. The topological polar surface area (TPSA) is 75.8 Å². The van der Waals surface area contributed by atoms with Crippen molar-refractivity contribution in [3.05, 3.63) is 24.3 Å². The first-order valence-electron chi connectivity index (χ1n) is 7.00. The minimum absolute atomic E-state index is 0.0867. The van der Waals surface area contributed by atoms with Crippen molar-refractivity contribution in [2.75, 3.05) is 25.4 Å². The Kier molecular flexibility index (Phi) is 4.84.